The van der Waals surface area contributed by atoms with Gasteiger partial charge < -0.3 is 10.6 Å². The molecular weight excluding hydrogens is 373 g/mol. The fourth-order valence-corrected chi connectivity index (χ4v) is 3.38. The third kappa shape index (κ3) is 5.42. The van der Waals surface area contributed by atoms with Crippen LogP contribution in [0.2, 0.25) is 0 Å². The monoisotopic (exact) mass is 397 g/mol. The van der Waals surface area contributed by atoms with E-state index in [1.807, 2.05) is 23.1 Å². The molecule has 2 aromatic carbocycles. The van der Waals surface area contributed by atoms with E-state index in [4.69, 9.17) is 5.73 Å². The maximum absolute atomic E-state index is 13.0. The lowest BCUT2D eigenvalue weighted by atomic mass is 9.96. The first-order chi connectivity index (χ1) is 13.9. The number of rotatable bonds is 7. The van der Waals surface area contributed by atoms with Gasteiger partial charge in [-0.25, -0.2) is 14.2 Å². The third-order valence-corrected chi connectivity index (χ3v) is 4.95. The average molecular weight is 397 g/mol. The second-order valence-corrected chi connectivity index (χ2v) is 7.01. The molecule has 3 N–H and O–H groups in total. The Kier molecular flexibility index (Phi) is 6.61. The fourth-order valence-electron chi connectivity index (χ4n) is 3.38. The Morgan fingerprint density at radius 2 is 2.00 bits per heavy atom. The lowest BCUT2D eigenvalue weighted by molar-refractivity contribution is -0.0286. The minimum absolute atomic E-state index is 0.00676. The van der Waals surface area contributed by atoms with Crippen molar-refractivity contribution in [3.05, 3.63) is 76.6 Å². The molecule has 3 amide bonds. The molecule has 0 atom stereocenters. The molecule has 7 heteroatoms. The highest BCUT2D eigenvalue weighted by Gasteiger charge is 2.23. The SMILES string of the molecule is NC(=O)N(O)C/C=C/c1ccc2c(c1)CCN(CCCc1ccc(F)cc1)C2=O. The number of primary amides is 1. The van der Waals surface area contributed by atoms with E-state index < -0.39 is 6.03 Å². The van der Waals surface area contributed by atoms with Crippen LogP contribution in [0.5, 0.6) is 0 Å². The van der Waals surface area contributed by atoms with Gasteiger partial charge in [0.2, 0.25) is 0 Å². The van der Waals surface area contributed by atoms with Crippen LogP contribution >= 0.6 is 0 Å². The molecule has 0 radical (unpaired) electrons. The standard InChI is InChI=1S/C22H24FN3O3/c23-19-8-5-16(6-9-19)3-1-12-25-14-11-18-15-17(7-10-20(18)21(25)27)4-2-13-26(29)22(24)28/h2,4-10,15,29H,1,3,11-14H2,(H2,24,28)/b4-2+. The zero-order valence-electron chi connectivity index (χ0n) is 16.1. The first kappa shape index (κ1) is 20.5. The molecule has 0 unspecified atom stereocenters. The molecular formula is C22H24FN3O3. The third-order valence-electron chi connectivity index (χ3n) is 4.95. The summed E-state index contributed by atoms with van der Waals surface area (Å²) >= 11 is 0. The van der Waals surface area contributed by atoms with E-state index in [0.29, 0.717) is 23.7 Å². The predicted molar refractivity (Wildman–Crippen MR) is 108 cm³/mol. The van der Waals surface area contributed by atoms with Crippen molar-refractivity contribution in [3.63, 3.8) is 0 Å². The molecule has 0 aromatic heterocycles. The molecule has 0 spiro atoms. The number of benzene rings is 2. The van der Waals surface area contributed by atoms with Crippen molar-refractivity contribution in [1.82, 2.24) is 9.96 Å². The Bertz CT molecular complexity index is 912. The predicted octanol–water partition coefficient (Wildman–Crippen LogP) is 3.24. The Hall–Kier alpha value is -3.19. The summed E-state index contributed by atoms with van der Waals surface area (Å²) in [5, 5.41) is 9.68. The molecule has 1 aliphatic heterocycles. The molecule has 0 aliphatic carbocycles. The number of nitrogens with zero attached hydrogens (tertiary/aromatic N) is 2. The van der Waals surface area contributed by atoms with Crippen LogP contribution in [0.4, 0.5) is 9.18 Å². The molecule has 6 nitrogen and oxygen atoms in total. The van der Waals surface area contributed by atoms with Crippen molar-refractivity contribution in [2.75, 3.05) is 19.6 Å². The molecule has 0 bridgehead atoms. The first-order valence-corrected chi connectivity index (χ1v) is 9.53. The molecule has 0 saturated heterocycles. The molecule has 2 aromatic rings. The van der Waals surface area contributed by atoms with Crippen LogP contribution in [0.25, 0.3) is 6.08 Å². The molecule has 1 aliphatic rings. The lowest BCUT2D eigenvalue weighted by Crippen LogP contribution is -2.38. The van der Waals surface area contributed by atoms with Crippen LogP contribution in [0.15, 0.2) is 48.5 Å². The van der Waals surface area contributed by atoms with Gasteiger partial charge in [0.05, 0.1) is 6.54 Å². The maximum atomic E-state index is 13.0. The number of urea groups is 1. The molecule has 0 fully saturated rings. The van der Waals surface area contributed by atoms with Gasteiger partial charge in [0, 0.05) is 18.7 Å². The van der Waals surface area contributed by atoms with Gasteiger partial charge in [-0.3, -0.25) is 10.0 Å². The Morgan fingerprint density at radius 3 is 2.72 bits per heavy atom. The largest absolute Gasteiger partial charge is 0.350 e. The highest BCUT2D eigenvalue weighted by molar-refractivity contribution is 5.97. The van der Waals surface area contributed by atoms with Gasteiger partial charge in [-0.15, -0.1) is 0 Å². The van der Waals surface area contributed by atoms with Gasteiger partial charge in [0.25, 0.3) is 5.91 Å². The van der Waals surface area contributed by atoms with Crippen molar-refractivity contribution in [2.24, 2.45) is 5.73 Å². The molecule has 29 heavy (non-hydrogen) atoms. The van der Waals surface area contributed by atoms with Gasteiger partial charge >= 0.3 is 6.03 Å². The minimum atomic E-state index is -0.912. The maximum Gasteiger partial charge on any atom is 0.338 e. The van der Waals surface area contributed by atoms with Crippen molar-refractivity contribution < 1.29 is 19.2 Å². The van der Waals surface area contributed by atoms with E-state index in [0.717, 1.165) is 36.0 Å². The number of hydrogen-bond donors (Lipinski definition) is 2. The van der Waals surface area contributed by atoms with Gasteiger partial charge in [-0.1, -0.05) is 36.4 Å². The van der Waals surface area contributed by atoms with Gasteiger partial charge in [0.1, 0.15) is 5.82 Å². The quantitative estimate of drug-likeness (QED) is 0.555. The number of nitrogens with two attached hydrogens (primary N) is 1. The van der Waals surface area contributed by atoms with E-state index >= 15 is 0 Å². The number of hydroxylamine groups is 2. The van der Waals surface area contributed by atoms with Crippen LogP contribution in [0, 0.1) is 5.82 Å². The molecule has 3 rings (SSSR count). The summed E-state index contributed by atoms with van der Waals surface area (Å²) in [6.45, 7) is 1.32. The fraction of sp³-hybridized carbons (Fsp3) is 0.273. The molecule has 152 valence electrons. The van der Waals surface area contributed by atoms with E-state index in [9.17, 15) is 19.2 Å². The number of amides is 3. The summed E-state index contributed by atoms with van der Waals surface area (Å²) < 4.78 is 13.0. The summed E-state index contributed by atoms with van der Waals surface area (Å²) in [5.74, 6) is -0.219. The van der Waals surface area contributed by atoms with E-state index in [-0.39, 0.29) is 18.3 Å². The first-order valence-electron chi connectivity index (χ1n) is 9.53. The van der Waals surface area contributed by atoms with Gasteiger partial charge in [-0.2, -0.15) is 0 Å². The Morgan fingerprint density at radius 1 is 1.24 bits per heavy atom. The summed E-state index contributed by atoms with van der Waals surface area (Å²) in [6.07, 6.45) is 5.79. The van der Waals surface area contributed by atoms with Crippen LogP contribution in [-0.4, -0.2) is 46.7 Å². The van der Waals surface area contributed by atoms with E-state index in [2.05, 4.69) is 0 Å². The Labute approximate surface area is 169 Å². The second-order valence-electron chi connectivity index (χ2n) is 7.01. The van der Waals surface area contributed by atoms with Crippen LogP contribution in [0.1, 0.15) is 33.5 Å². The molecule has 0 saturated carbocycles. The second kappa shape index (κ2) is 9.34. The summed E-state index contributed by atoms with van der Waals surface area (Å²) in [4.78, 5) is 25.4. The highest BCUT2D eigenvalue weighted by Crippen LogP contribution is 2.21. The van der Waals surface area contributed by atoms with Crippen molar-refractivity contribution in [3.8, 4) is 0 Å². The van der Waals surface area contributed by atoms with Gasteiger partial charge in [-0.05, 0) is 54.2 Å². The lowest BCUT2D eigenvalue weighted by Gasteiger charge is -2.29. The number of hydrogen-bond acceptors (Lipinski definition) is 3. The highest BCUT2D eigenvalue weighted by atomic mass is 19.1. The number of carbonyl (C=O) groups excluding carboxylic acids is 2. The summed E-state index contributed by atoms with van der Waals surface area (Å²) in [6, 6.07) is 11.1. The van der Waals surface area contributed by atoms with Crippen LogP contribution < -0.4 is 5.73 Å². The van der Waals surface area contributed by atoms with E-state index in [1.165, 1.54) is 12.1 Å². The summed E-state index contributed by atoms with van der Waals surface area (Å²) in [5.41, 5.74) is 8.60. The zero-order valence-corrected chi connectivity index (χ0v) is 16.1. The average Bonchev–Trinajstić information content (AvgIpc) is 2.71. The molecule has 1 heterocycles. The number of carbonyl (C=O) groups is 2. The smallest absolute Gasteiger partial charge is 0.338 e. The van der Waals surface area contributed by atoms with Crippen LogP contribution in [0.3, 0.4) is 0 Å². The van der Waals surface area contributed by atoms with Crippen LogP contribution in [-0.2, 0) is 12.8 Å². The Balaban J connectivity index is 1.56. The van der Waals surface area contributed by atoms with Crippen molar-refractivity contribution in [1.29, 1.82) is 0 Å². The normalized spacial score (nSPS) is 13.6. The topological polar surface area (TPSA) is 86.9 Å². The van der Waals surface area contributed by atoms with E-state index in [1.54, 1.807) is 24.3 Å². The number of halogens is 1. The minimum Gasteiger partial charge on any atom is -0.350 e. The zero-order chi connectivity index (χ0) is 20.8. The van der Waals surface area contributed by atoms with Crippen molar-refractivity contribution >= 4 is 18.0 Å². The number of aryl methyl sites for hydroxylation is 1. The van der Waals surface area contributed by atoms with Crippen molar-refractivity contribution in [2.45, 2.75) is 19.3 Å². The number of fused-ring (bicyclic) bond motifs is 1. The summed E-state index contributed by atoms with van der Waals surface area (Å²) in [7, 11) is 0. The van der Waals surface area contributed by atoms with Gasteiger partial charge in [0.15, 0.2) is 0 Å².